The first-order valence-electron chi connectivity index (χ1n) is 3.96. The van der Waals surface area contributed by atoms with Crippen LogP contribution in [0.3, 0.4) is 0 Å². The minimum Gasteiger partial charge on any atom is -0.506 e. The third-order valence-corrected chi connectivity index (χ3v) is 1.76. The molecular formula is C8H6F5NO2. The van der Waals surface area contributed by atoms with Crippen molar-refractivity contribution in [3.8, 4) is 5.75 Å². The van der Waals surface area contributed by atoms with Crippen LogP contribution in [0.5, 0.6) is 5.75 Å². The van der Waals surface area contributed by atoms with E-state index in [1.807, 2.05) is 0 Å². The van der Waals surface area contributed by atoms with Gasteiger partial charge in [0.25, 0.3) is 6.43 Å². The van der Waals surface area contributed by atoms with E-state index in [2.05, 4.69) is 4.98 Å². The van der Waals surface area contributed by atoms with E-state index in [-0.39, 0.29) is 0 Å². The number of aliphatic hydroxyl groups excluding tert-OH is 1. The third-order valence-electron chi connectivity index (χ3n) is 1.76. The molecule has 0 bridgehead atoms. The van der Waals surface area contributed by atoms with Gasteiger partial charge in [-0.15, -0.1) is 0 Å². The Hall–Kier alpha value is -1.44. The Balaban J connectivity index is 3.39. The maximum absolute atomic E-state index is 12.3. The lowest BCUT2D eigenvalue weighted by Gasteiger charge is -2.12. The van der Waals surface area contributed by atoms with Crippen molar-refractivity contribution in [3.63, 3.8) is 0 Å². The van der Waals surface area contributed by atoms with Gasteiger partial charge in [-0.2, -0.15) is 13.2 Å². The molecule has 0 spiro atoms. The van der Waals surface area contributed by atoms with Crippen LogP contribution in [-0.2, 0) is 12.8 Å². The highest BCUT2D eigenvalue weighted by Crippen LogP contribution is 2.36. The predicted octanol–water partition coefficient (Wildman–Crippen LogP) is 2.24. The minimum absolute atomic E-state index is 0.428. The van der Waals surface area contributed by atoms with Crippen molar-refractivity contribution in [2.45, 2.75) is 19.2 Å². The monoisotopic (exact) mass is 243 g/mol. The fourth-order valence-corrected chi connectivity index (χ4v) is 1.08. The molecule has 0 saturated carbocycles. The fourth-order valence-electron chi connectivity index (χ4n) is 1.08. The topological polar surface area (TPSA) is 53.4 Å². The molecule has 0 saturated heterocycles. The van der Waals surface area contributed by atoms with Gasteiger partial charge >= 0.3 is 6.18 Å². The summed E-state index contributed by atoms with van der Waals surface area (Å²) in [7, 11) is 0. The van der Waals surface area contributed by atoms with E-state index >= 15 is 0 Å². The van der Waals surface area contributed by atoms with Crippen LogP contribution in [0.1, 0.15) is 23.4 Å². The molecule has 1 heterocycles. The van der Waals surface area contributed by atoms with Gasteiger partial charge in [-0.3, -0.25) is 0 Å². The molecule has 90 valence electrons. The van der Waals surface area contributed by atoms with Crippen molar-refractivity contribution in [2.75, 3.05) is 0 Å². The van der Waals surface area contributed by atoms with Gasteiger partial charge in [0.1, 0.15) is 11.4 Å². The van der Waals surface area contributed by atoms with Crippen LogP contribution in [0.25, 0.3) is 0 Å². The SMILES string of the molecule is OCc1cc(O)c(C(F)(F)F)nc1C(F)F. The number of nitrogens with zero attached hydrogens (tertiary/aromatic N) is 1. The first-order valence-corrected chi connectivity index (χ1v) is 3.96. The molecule has 0 fully saturated rings. The molecule has 0 atom stereocenters. The number of rotatable bonds is 2. The van der Waals surface area contributed by atoms with E-state index in [9.17, 15) is 22.0 Å². The van der Waals surface area contributed by atoms with Gasteiger partial charge in [-0.1, -0.05) is 0 Å². The summed E-state index contributed by atoms with van der Waals surface area (Å²) in [5.74, 6) is -1.29. The molecule has 16 heavy (non-hydrogen) atoms. The largest absolute Gasteiger partial charge is 0.506 e. The summed E-state index contributed by atoms with van der Waals surface area (Å²) >= 11 is 0. The number of alkyl halides is 5. The lowest BCUT2D eigenvalue weighted by atomic mass is 10.1. The van der Waals surface area contributed by atoms with Crippen LogP contribution in [0.15, 0.2) is 6.07 Å². The average molecular weight is 243 g/mol. The second-order valence-electron chi connectivity index (χ2n) is 2.86. The number of pyridine rings is 1. The Morgan fingerprint density at radius 1 is 1.31 bits per heavy atom. The molecule has 0 aliphatic carbocycles. The molecule has 1 aromatic rings. The Kier molecular flexibility index (Phi) is 3.32. The molecule has 0 unspecified atom stereocenters. The van der Waals surface area contributed by atoms with E-state index < -0.39 is 41.9 Å². The molecule has 8 heteroatoms. The summed E-state index contributed by atoms with van der Waals surface area (Å²) in [4.78, 5) is 2.63. The van der Waals surface area contributed by atoms with Crippen molar-refractivity contribution >= 4 is 0 Å². The van der Waals surface area contributed by atoms with Gasteiger partial charge in [0.2, 0.25) is 0 Å². The molecule has 1 rings (SSSR count). The molecule has 2 N–H and O–H groups in total. The Labute approximate surface area is 86.2 Å². The maximum Gasteiger partial charge on any atom is 0.437 e. The zero-order chi connectivity index (χ0) is 12.5. The quantitative estimate of drug-likeness (QED) is 0.783. The van der Waals surface area contributed by atoms with Crippen molar-refractivity contribution in [1.82, 2.24) is 4.98 Å². The molecule has 0 aromatic carbocycles. The van der Waals surface area contributed by atoms with Crippen LogP contribution < -0.4 is 0 Å². The predicted molar refractivity (Wildman–Crippen MR) is 41.8 cm³/mol. The highest BCUT2D eigenvalue weighted by atomic mass is 19.4. The standard InChI is InChI=1S/C8H6F5NO2/c9-7(10)5-3(2-15)1-4(16)6(14-5)8(11,12)13/h1,7,15-16H,2H2. The summed E-state index contributed by atoms with van der Waals surface area (Å²) in [6.45, 7) is -0.932. The lowest BCUT2D eigenvalue weighted by molar-refractivity contribution is -0.142. The average Bonchev–Trinajstić information content (AvgIpc) is 2.14. The number of hydrogen-bond donors (Lipinski definition) is 2. The lowest BCUT2D eigenvalue weighted by Crippen LogP contribution is -2.12. The molecule has 0 radical (unpaired) electrons. The smallest absolute Gasteiger partial charge is 0.437 e. The van der Waals surface area contributed by atoms with Gasteiger partial charge in [0.05, 0.1) is 6.61 Å². The van der Waals surface area contributed by atoms with Gasteiger partial charge < -0.3 is 10.2 Å². The summed E-state index contributed by atoms with van der Waals surface area (Å²) in [5.41, 5.74) is -3.52. The number of hydrogen-bond acceptors (Lipinski definition) is 3. The minimum atomic E-state index is -5.03. The third kappa shape index (κ3) is 2.38. The summed E-state index contributed by atoms with van der Waals surface area (Å²) < 4.78 is 61.2. The van der Waals surface area contributed by atoms with E-state index in [4.69, 9.17) is 10.2 Å². The number of aliphatic hydroxyl groups is 1. The van der Waals surface area contributed by atoms with Crippen LogP contribution in [0.4, 0.5) is 22.0 Å². The number of aromatic hydroxyl groups is 1. The van der Waals surface area contributed by atoms with Gasteiger partial charge in [0.15, 0.2) is 5.69 Å². The second kappa shape index (κ2) is 4.20. The Bertz CT molecular complexity index is 391. The van der Waals surface area contributed by atoms with Crippen LogP contribution in [0.2, 0.25) is 0 Å². The first-order chi connectivity index (χ1) is 7.27. The van der Waals surface area contributed by atoms with E-state index in [1.54, 1.807) is 0 Å². The van der Waals surface area contributed by atoms with E-state index in [0.717, 1.165) is 0 Å². The van der Waals surface area contributed by atoms with E-state index in [0.29, 0.717) is 6.07 Å². The van der Waals surface area contributed by atoms with Crippen LogP contribution in [0, 0.1) is 0 Å². The zero-order valence-corrected chi connectivity index (χ0v) is 7.59. The Morgan fingerprint density at radius 3 is 2.25 bits per heavy atom. The summed E-state index contributed by atoms with van der Waals surface area (Å²) in [5, 5.41) is 17.5. The summed E-state index contributed by atoms with van der Waals surface area (Å²) in [6.07, 6.45) is -8.29. The molecule has 0 aliphatic rings. The van der Waals surface area contributed by atoms with Crippen LogP contribution in [-0.4, -0.2) is 15.2 Å². The maximum atomic E-state index is 12.3. The fraction of sp³-hybridized carbons (Fsp3) is 0.375. The highest BCUT2D eigenvalue weighted by molar-refractivity contribution is 5.36. The summed E-state index contributed by atoms with van der Waals surface area (Å²) in [6, 6.07) is 0.428. The molecule has 0 amide bonds. The van der Waals surface area contributed by atoms with Crippen molar-refractivity contribution in [2.24, 2.45) is 0 Å². The molecule has 1 aromatic heterocycles. The van der Waals surface area contributed by atoms with Crippen molar-refractivity contribution in [1.29, 1.82) is 0 Å². The van der Waals surface area contributed by atoms with E-state index in [1.165, 1.54) is 0 Å². The van der Waals surface area contributed by atoms with Crippen LogP contribution >= 0.6 is 0 Å². The van der Waals surface area contributed by atoms with Gasteiger partial charge in [0, 0.05) is 5.56 Å². The molecular weight excluding hydrogens is 237 g/mol. The van der Waals surface area contributed by atoms with Crippen molar-refractivity contribution < 1.29 is 32.2 Å². The highest BCUT2D eigenvalue weighted by Gasteiger charge is 2.37. The second-order valence-corrected chi connectivity index (χ2v) is 2.86. The van der Waals surface area contributed by atoms with Gasteiger partial charge in [-0.05, 0) is 6.07 Å². The normalized spacial score (nSPS) is 12.2. The van der Waals surface area contributed by atoms with Gasteiger partial charge in [-0.25, -0.2) is 13.8 Å². The zero-order valence-electron chi connectivity index (χ0n) is 7.59. The molecule has 3 nitrogen and oxygen atoms in total. The number of halogens is 5. The molecule has 0 aliphatic heterocycles. The number of aromatic nitrogens is 1. The Morgan fingerprint density at radius 2 is 1.88 bits per heavy atom. The first kappa shape index (κ1) is 12.6. The van der Waals surface area contributed by atoms with Crippen molar-refractivity contribution in [3.05, 3.63) is 23.0 Å².